The van der Waals surface area contributed by atoms with Gasteiger partial charge in [-0.25, -0.2) is 0 Å². The molecule has 0 saturated heterocycles. The number of fused-ring (bicyclic) bond motifs is 1. The summed E-state index contributed by atoms with van der Waals surface area (Å²) in [6.07, 6.45) is 3.11. The van der Waals surface area contributed by atoms with Gasteiger partial charge in [-0.1, -0.05) is 19.9 Å². The third-order valence-electron chi connectivity index (χ3n) is 3.75. The minimum atomic E-state index is 1.13. The molecule has 1 aliphatic rings. The van der Waals surface area contributed by atoms with Crippen LogP contribution in [0.15, 0.2) is 24.4 Å². The second-order valence-electron chi connectivity index (χ2n) is 4.78. The van der Waals surface area contributed by atoms with Crippen LogP contribution < -0.4 is 4.90 Å². The van der Waals surface area contributed by atoms with Gasteiger partial charge in [0.2, 0.25) is 0 Å². The van der Waals surface area contributed by atoms with Gasteiger partial charge in [0.15, 0.2) is 0 Å². The first-order valence-electron chi connectivity index (χ1n) is 7.00. The lowest BCUT2D eigenvalue weighted by Crippen LogP contribution is -2.12. The predicted molar refractivity (Wildman–Crippen MR) is 81.7 cm³/mol. The second-order valence-corrected chi connectivity index (χ2v) is 4.78. The van der Waals surface area contributed by atoms with Crippen molar-refractivity contribution in [1.29, 1.82) is 0 Å². The summed E-state index contributed by atoms with van der Waals surface area (Å²) < 4.78 is 1.93. The van der Waals surface area contributed by atoms with E-state index in [1.54, 1.807) is 0 Å². The molecule has 2 aromatic rings. The van der Waals surface area contributed by atoms with E-state index >= 15 is 0 Å². The number of nitrogens with zero attached hydrogens (tertiary/aromatic N) is 3. The average molecular weight is 257 g/mol. The number of aromatic nitrogens is 2. The van der Waals surface area contributed by atoms with Gasteiger partial charge in [-0.15, -0.1) is 0 Å². The average Bonchev–Trinajstić information content (AvgIpc) is 2.97. The minimum absolute atomic E-state index is 1.13. The van der Waals surface area contributed by atoms with Crippen LogP contribution in [-0.2, 0) is 13.5 Å². The molecular formula is C16H23N3. The Morgan fingerprint density at radius 1 is 1.16 bits per heavy atom. The Bertz CT molecular complexity index is 569. The van der Waals surface area contributed by atoms with Gasteiger partial charge in [-0.05, 0) is 36.6 Å². The molecule has 1 aliphatic heterocycles. The van der Waals surface area contributed by atoms with E-state index in [-0.39, 0.29) is 0 Å². The van der Waals surface area contributed by atoms with Crippen molar-refractivity contribution in [3.05, 3.63) is 35.7 Å². The van der Waals surface area contributed by atoms with Crippen LogP contribution in [0.5, 0.6) is 0 Å². The molecule has 0 bridgehead atoms. The largest absolute Gasteiger partial charge is 0.374 e. The lowest BCUT2D eigenvalue weighted by Gasteiger charge is -2.12. The topological polar surface area (TPSA) is 21.1 Å². The maximum atomic E-state index is 4.31. The van der Waals surface area contributed by atoms with Crippen LogP contribution >= 0.6 is 0 Å². The normalized spacial score (nSPS) is 13.0. The van der Waals surface area contributed by atoms with Crippen molar-refractivity contribution in [2.24, 2.45) is 7.05 Å². The Morgan fingerprint density at radius 2 is 1.89 bits per heavy atom. The van der Waals surface area contributed by atoms with Crippen molar-refractivity contribution in [1.82, 2.24) is 9.78 Å². The van der Waals surface area contributed by atoms with E-state index in [1.807, 2.05) is 31.8 Å². The van der Waals surface area contributed by atoms with Gasteiger partial charge in [-0.3, -0.25) is 4.68 Å². The number of hydrogen-bond donors (Lipinski definition) is 0. The molecule has 2 heterocycles. The molecule has 0 unspecified atom stereocenters. The molecule has 19 heavy (non-hydrogen) atoms. The summed E-state index contributed by atoms with van der Waals surface area (Å²) in [5.41, 5.74) is 6.56. The van der Waals surface area contributed by atoms with E-state index < -0.39 is 0 Å². The first-order valence-corrected chi connectivity index (χ1v) is 7.00. The van der Waals surface area contributed by atoms with Gasteiger partial charge >= 0.3 is 0 Å². The molecule has 0 saturated carbocycles. The van der Waals surface area contributed by atoms with E-state index in [9.17, 15) is 0 Å². The Morgan fingerprint density at radius 3 is 2.53 bits per heavy atom. The summed E-state index contributed by atoms with van der Waals surface area (Å²) >= 11 is 0. The van der Waals surface area contributed by atoms with Crippen molar-refractivity contribution in [2.75, 3.05) is 18.5 Å². The fourth-order valence-electron chi connectivity index (χ4n) is 2.52. The predicted octanol–water partition coefficient (Wildman–Crippen LogP) is 3.41. The Balaban J connectivity index is 0.000000637. The van der Waals surface area contributed by atoms with Gasteiger partial charge in [0, 0.05) is 37.6 Å². The lowest BCUT2D eigenvalue weighted by molar-refractivity contribution is 0.740. The first-order chi connectivity index (χ1) is 9.16. The Kier molecular flexibility index (Phi) is 3.93. The molecule has 102 valence electrons. The van der Waals surface area contributed by atoms with Gasteiger partial charge < -0.3 is 4.90 Å². The van der Waals surface area contributed by atoms with Crippen molar-refractivity contribution in [2.45, 2.75) is 27.2 Å². The zero-order valence-electron chi connectivity index (χ0n) is 12.6. The summed E-state index contributed by atoms with van der Waals surface area (Å²) in [5, 5.41) is 4.31. The molecule has 0 N–H and O–H groups in total. The van der Waals surface area contributed by atoms with Crippen LogP contribution in [0.2, 0.25) is 0 Å². The molecule has 1 aromatic carbocycles. The van der Waals surface area contributed by atoms with Gasteiger partial charge in [-0.2, -0.15) is 5.10 Å². The number of anilines is 1. The standard InChI is InChI=1S/C14H17N3.C2H6/c1-10-13(9-15-17(10)3)11-4-5-14-12(8-11)6-7-16(14)2;1-2/h4-5,8-9H,6-7H2,1-3H3;1-2H3. The fraction of sp³-hybridized carbons (Fsp3) is 0.438. The molecule has 3 heteroatoms. The SMILES string of the molecule is CC.Cc1c(-c2ccc3c(c2)CCN3C)cnn1C. The first kappa shape index (κ1) is 13.7. The lowest BCUT2D eigenvalue weighted by atomic mass is 10.0. The molecule has 0 aliphatic carbocycles. The highest BCUT2D eigenvalue weighted by molar-refractivity contribution is 5.71. The van der Waals surface area contributed by atoms with Crippen LogP contribution in [0, 0.1) is 6.92 Å². The molecule has 3 nitrogen and oxygen atoms in total. The number of aryl methyl sites for hydroxylation is 1. The quantitative estimate of drug-likeness (QED) is 0.780. The number of rotatable bonds is 1. The van der Waals surface area contributed by atoms with Crippen LogP contribution in [0.3, 0.4) is 0 Å². The minimum Gasteiger partial charge on any atom is -0.374 e. The summed E-state index contributed by atoms with van der Waals surface area (Å²) in [7, 11) is 4.14. The third kappa shape index (κ3) is 2.37. The monoisotopic (exact) mass is 257 g/mol. The Labute approximate surface area is 115 Å². The zero-order valence-corrected chi connectivity index (χ0v) is 12.6. The molecule has 3 rings (SSSR count). The molecule has 0 radical (unpaired) electrons. The second kappa shape index (κ2) is 5.47. The van der Waals surface area contributed by atoms with Gasteiger partial charge in [0.25, 0.3) is 0 Å². The number of likely N-dealkylation sites (N-methyl/N-ethyl adjacent to an activating group) is 1. The Hall–Kier alpha value is -1.77. The molecule has 1 aromatic heterocycles. The molecular weight excluding hydrogens is 234 g/mol. The van der Waals surface area contributed by atoms with E-state index in [2.05, 4.69) is 42.2 Å². The summed E-state index contributed by atoms with van der Waals surface area (Å²) in [6, 6.07) is 6.73. The zero-order chi connectivity index (χ0) is 14.0. The van der Waals surface area contributed by atoms with Crippen molar-refractivity contribution in [3.8, 4) is 11.1 Å². The maximum absolute atomic E-state index is 4.31. The summed E-state index contributed by atoms with van der Waals surface area (Å²) in [5.74, 6) is 0. The number of hydrogen-bond acceptors (Lipinski definition) is 2. The van der Waals surface area contributed by atoms with Crippen molar-refractivity contribution in [3.63, 3.8) is 0 Å². The smallest absolute Gasteiger partial charge is 0.0571 e. The van der Waals surface area contributed by atoms with Crippen LogP contribution in [0.1, 0.15) is 25.1 Å². The highest BCUT2D eigenvalue weighted by atomic mass is 15.3. The molecule has 0 fully saturated rings. The van der Waals surface area contributed by atoms with Crippen LogP contribution in [-0.4, -0.2) is 23.4 Å². The third-order valence-corrected chi connectivity index (χ3v) is 3.75. The van der Waals surface area contributed by atoms with Crippen molar-refractivity contribution >= 4 is 5.69 Å². The van der Waals surface area contributed by atoms with Crippen LogP contribution in [0.4, 0.5) is 5.69 Å². The molecule has 0 spiro atoms. The van der Waals surface area contributed by atoms with E-state index in [0.29, 0.717) is 0 Å². The highest BCUT2D eigenvalue weighted by Crippen LogP contribution is 2.32. The fourth-order valence-corrected chi connectivity index (χ4v) is 2.52. The van der Waals surface area contributed by atoms with Crippen molar-refractivity contribution < 1.29 is 0 Å². The van der Waals surface area contributed by atoms with Gasteiger partial charge in [0.1, 0.15) is 0 Å². The highest BCUT2D eigenvalue weighted by Gasteiger charge is 2.16. The maximum Gasteiger partial charge on any atom is 0.0571 e. The summed E-state index contributed by atoms with van der Waals surface area (Å²) in [4.78, 5) is 2.31. The van der Waals surface area contributed by atoms with E-state index in [1.165, 1.54) is 28.1 Å². The molecule has 0 amide bonds. The number of benzene rings is 1. The van der Waals surface area contributed by atoms with Gasteiger partial charge in [0.05, 0.1) is 6.20 Å². The van der Waals surface area contributed by atoms with E-state index in [4.69, 9.17) is 0 Å². The summed E-state index contributed by atoms with van der Waals surface area (Å²) in [6.45, 7) is 7.24. The molecule has 0 atom stereocenters. The van der Waals surface area contributed by atoms with Crippen LogP contribution in [0.25, 0.3) is 11.1 Å². The van der Waals surface area contributed by atoms with E-state index in [0.717, 1.165) is 13.0 Å².